The predicted molar refractivity (Wildman–Crippen MR) is 103 cm³/mol. The molecule has 27 heavy (non-hydrogen) atoms. The molecule has 2 aliphatic carbocycles. The van der Waals surface area contributed by atoms with Crippen LogP contribution in [0.15, 0.2) is 24.4 Å². The summed E-state index contributed by atoms with van der Waals surface area (Å²) in [7, 11) is 0. The Balaban J connectivity index is 1.22. The molecule has 2 heterocycles. The number of aryl methyl sites for hydroxylation is 1. The average molecular weight is 362 g/mol. The van der Waals surface area contributed by atoms with Gasteiger partial charge in [0.15, 0.2) is 6.29 Å². The lowest BCUT2D eigenvalue weighted by Gasteiger charge is -2.29. The quantitative estimate of drug-likeness (QED) is 0.843. The standard InChI is InChI=1S/C23H26N2O2/c1-16-2-3-18(7-6-17-4-5-17)10-19(16)11-21-24-13-20(25-21)12-22-26-14-23(8-9-23)15-27-22/h2-3,10,13,17,22H,4-5,8-9,11-12,14-15H2,1H3,(H,24,25). The number of aromatic amines is 1. The van der Waals surface area contributed by atoms with Crippen molar-refractivity contribution in [3.63, 3.8) is 0 Å². The predicted octanol–water partition coefficient (Wildman–Crippen LogP) is 3.77. The molecule has 2 aromatic rings. The summed E-state index contributed by atoms with van der Waals surface area (Å²) in [5.74, 6) is 8.27. The number of imidazole rings is 1. The summed E-state index contributed by atoms with van der Waals surface area (Å²) in [6.45, 7) is 3.83. The van der Waals surface area contributed by atoms with Gasteiger partial charge in [-0.2, -0.15) is 0 Å². The molecule has 140 valence electrons. The number of hydrogen-bond acceptors (Lipinski definition) is 3. The molecule has 5 rings (SSSR count). The largest absolute Gasteiger partial charge is 0.352 e. The molecule has 0 atom stereocenters. The molecule has 1 N–H and O–H groups in total. The zero-order chi connectivity index (χ0) is 18.3. The number of nitrogens with one attached hydrogen (secondary N) is 1. The molecular weight excluding hydrogens is 336 g/mol. The van der Waals surface area contributed by atoms with Crippen LogP contribution in [0.4, 0.5) is 0 Å². The minimum atomic E-state index is -0.146. The molecule has 0 unspecified atom stereocenters. The van der Waals surface area contributed by atoms with Gasteiger partial charge in [-0.15, -0.1) is 0 Å². The first kappa shape index (κ1) is 17.0. The fourth-order valence-electron chi connectivity index (χ4n) is 3.52. The number of H-pyrrole nitrogens is 1. The van der Waals surface area contributed by atoms with Crippen molar-refractivity contribution in [3.8, 4) is 11.8 Å². The summed E-state index contributed by atoms with van der Waals surface area (Å²) in [6.07, 6.45) is 8.30. The molecule has 4 heteroatoms. The Bertz CT molecular complexity index is 887. The van der Waals surface area contributed by atoms with Gasteiger partial charge in [-0.05, 0) is 55.9 Å². The molecule has 4 nitrogen and oxygen atoms in total. The van der Waals surface area contributed by atoms with Crippen molar-refractivity contribution in [1.29, 1.82) is 0 Å². The highest BCUT2D eigenvalue weighted by molar-refractivity contribution is 5.42. The van der Waals surface area contributed by atoms with E-state index in [0.717, 1.165) is 43.1 Å². The fourth-order valence-corrected chi connectivity index (χ4v) is 3.52. The third-order valence-corrected chi connectivity index (χ3v) is 5.88. The zero-order valence-corrected chi connectivity index (χ0v) is 15.9. The van der Waals surface area contributed by atoms with Crippen molar-refractivity contribution in [1.82, 2.24) is 9.97 Å². The van der Waals surface area contributed by atoms with Gasteiger partial charge in [-0.3, -0.25) is 0 Å². The maximum Gasteiger partial charge on any atom is 0.163 e. The Morgan fingerprint density at radius 2 is 2.04 bits per heavy atom. The normalized spacial score (nSPS) is 21.1. The van der Waals surface area contributed by atoms with E-state index in [1.807, 2.05) is 6.20 Å². The van der Waals surface area contributed by atoms with E-state index < -0.39 is 0 Å². The van der Waals surface area contributed by atoms with Gasteiger partial charge in [0, 0.05) is 41.6 Å². The summed E-state index contributed by atoms with van der Waals surface area (Å²) in [5.41, 5.74) is 5.08. The second kappa shape index (κ2) is 6.82. The van der Waals surface area contributed by atoms with E-state index in [1.165, 1.54) is 36.8 Å². The number of benzene rings is 1. The molecule has 0 amide bonds. The number of nitrogens with zero attached hydrogens (tertiary/aromatic N) is 1. The third-order valence-electron chi connectivity index (χ3n) is 5.88. The van der Waals surface area contributed by atoms with E-state index in [0.29, 0.717) is 11.3 Å². The van der Waals surface area contributed by atoms with E-state index in [1.54, 1.807) is 0 Å². The van der Waals surface area contributed by atoms with Crippen LogP contribution in [0.5, 0.6) is 0 Å². The highest BCUT2D eigenvalue weighted by Gasteiger charge is 2.46. The summed E-state index contributed by atoms with van der Waals surface area (Å²) >= 11 is 0. The van der Waals surface area contributed by atoms with Gasteiger partial charge in [0.25, 0.3) is 0 Å². The van der Waals surface area contributed by atoms with Gasteiger partial charge in [0.1, 0.15) is 5.82 Å². The van der Waals surface area contributed by atoms with E-state index >= 15 is 0 Å². The molecule has 3 fully saturated rings. The fraction of sp³-hybridized carbons (Fsp3) is 0.522. The summed E-state index contributed by atoms with van der Waals surface area (Å²) in [4.78, 5) is 8.02. The second-order valence-electron chi connectivity index (χ2n) is 8.47. The van der Waals surface area contributed by atoms with Crippen LogP contribution in [-0.2, 0) is 22.3 Å². The Morgan fingerprint density at radius 3 is 2.78 bits per heavy atom. The van der Waals surface area contributed by atoms with Crippen molar-refractivity contribution >= 4 is 0 Å². The van der Waals surface area contributed by atoms with Crippen LogP contribution in [0, 0.1) is 30.1 Å². The SMILES string of the molecule is Cc1ccc(C#CC2CC2)cc1Cc1ncc(CC2OCC3(CC3)CO2)[nH]1. The van der Waals surface area contributed by atoms with Crippen molar-refractivity contribution in [2.24, 2.45) is 11.3 Å². The molecule has 1 aliphatic heterocycles. The summed E-state index contributed by atoms with van der Waals surface area (Å²) < 4.78 is 11.8. The smallest absolute Gasteiger partial charge is 0.163 e. The molecule has 0 bridgehead atoms. The minimum Gasteiger partial charge on any atom is -0.352 e. The van der Waals surface area contributed by atoms with Gasteiger partial charge >= 0.3 is 0 Å². The molecule has 3 aliphatic rings. The first-order chi connectivity index (χ1) is 13.2. The van der Waals surface area contributed by atoms with Crippen LogP contribution < -0.4 is 0 Å². The van der Waals surface area contributed by atoms with Crippen molar-refractivity contribution in [2.75, 3.05) is 13.2 Å². The molecule has 1 aromatic heterocycles. The Kier molecular flexibility index (Phi) is 4.30. The van der Waals surface area contributed by atoms with Crippen LogP contribution >= 0.6 is 0 Å². The maximum absolute atomic E-state index is 5.89. The third kappa shape index (κ3) is 4.10. The lowest BCUT2D eigenvalue weighted by Crippen LogP contribution is -2.34. The van der Waals surface area contributed by atoms with Crippen LogP contribution in [0.1, 0.15) is 53.9 Å². The monoisotopic (exact) mass is 362 g/mol. The van der Waals surface area contributed by atoms with Crippen molar-refractivity contribution < 1.29 is 9.47 Å². The Hall–Kier alpha value is -2.09. The van der Waals surface area contributed by atoms with Crippen LogP contribution in [0.2, 0.25) is 0 Å². The van der Waals surface area contributed by atoms with Crippen molar-refractivity contribution in [3.05, 3.63) is 52.6 Å². The minimum absolute atomic E-state index is 0.146. The van der Waals surface area contributed by atoms with E-state index in [-0.39, 0.29) is 6.29 Å². The number of aromatic nitrogens is 2. The molecule has 0 radical (unpaired) electrons. The summed E-state index contributed by atoms with van der Waals surface area (Å²) in [6, 6.07) is 6.48. The average Bonchev–Trinajstić information content (AvgIpc) is 3.60. The van der Waals surface area contributed by atoms with Gasteiger partial charge in [0.2, 0.25) is 0 Å². The first-order valence-electron chi connectivity index (χ1n) is 10.0. The number of ether oxygens (including phenoxy) is 2. The van der Waals surface area contributed by atoms with E-state index in [4.69, 9.17) is 9.47 Å². The van der Waals surface area contributed by atoms with Crippen molar-refractivity contribution in [2.45, 2.75) is 51.7 Å². The van der Waals surface area contributed by atoms with Gasteiger partial charge in [-0.1, -0.05) is 17.9 Å². The number of rotatable bonds is 4. The highest BCUT2D eigenvalue weighted by Crippen LogP contribution is 2.48. The highest BCUT2D eigenvalue weighted by atomic mass is 16.7. The van der Waals surface area contributed by atoms with Gasteiger partial charge in [0.05, 0.1) is 13.2 Å². The maximum atomic E-state index is 5.89. The van der Waals surface area contributed by atoms with Crippen LogP contribution in [0.3, 0.4) is 0 Å². The van der Waals surface area contributed by atoms with Crippen LogP contribution in [-0.4, -0.2) is 29.5 Å². The first-order valence-corrected chi connectivity index (χ1v) is 10.0. The topological polar surface area (TPSA) is 47.1 Å². The Morgan fingerprint density at radius 1 is 1.22 bits per heavy atom. The van der Waals surface area contributed by atoms with Crippen LogP contribution in [0.25, 0.3) is 0 Å². The molecule has 2 saturated carbocycles. The Labute approximate surface area is 160 Å². The number of hydrogen-bond donors (Lipinski definition) is 1. The van der Waals surface area contributed by atoms with E-state index in [9.17, 15) is 0 Å². The zero-order valence-electron chi connectivity index (χ0n) is 15.9. The summed E-state index contributed by atoms with van der Waals surface area (Å²) in [5, 5.41) is 0. The lowest BCUT2D eigenvalue weighted by molar-refractivity contribution is -0.206. The molecular formula is C23H26N2O2. The van der Waals surface area contributed by atoms with E-state index in [2.05, 4.69) is 46.9 Å². The second-order valence-corrected chi connectivity index (χ2v) is 8.47. The van der Waals surface area contributed by atoms with Gasteiger partial charge < -0.3 is 14.5 Å². The molecule has 1 spiro atoms. The molecule has 1 saturated heterocycles. The lowest BCUT2D eigenvalue weighted by atomic mass is 10.0. The van der Waals surface area contributed by atoms with Gasteiger partial charge in [-0.25, -0.2) is 4.98 Å². The molecule has 1 aromatic carbocycles.